The average molecular weight is 368 g/mol. The Morgan fingerprint density at radius 1 is 1.33 bits per heavy atom. The van der Waals surface area contributed by atoms with Crippen molar-refractivity contribution in [2.24, 2.45) is 0 Å². The van der Waals surface area contributed by atoms with Crippen molar-refractivity contribution in [2.75, 3.05) is 18.1 Å². The van der Waals surface area contributed by atoms with E-state index in [1.54, 1.807) is 16.8 Å². The molecular formula is C20H21FN4O2. The number of aromatic nitrogens is 3. The van der Waals surface area contributed by atoms with Gasteiger partial charge < -0.3 is 14.2 Å². The van der Waals surface area contributed by atoms with Crippen molar-refractivity contribution < 1.29 is 9.13 Å². The quantitative estimate of drug-likeness (QED) is 0.712. The van der Waals surface area contributed by atoms with Crippen LogP contribution in [0.3, 0.4) is 0 Å². The Morgan fingerprint density at radius 3 is 3.07 bits per heavy atom. The largest absolute Gasteiger partial charge is 0.376 e. The van der Waals surface area contributed by atoms with E-state index in [1.165, 1.54) is 12.1 Å². The molecule has 5 rings (SSSR count). The van der Waals surface area contributed by atoms with Gasteiger partial charge in [0.1, 0.15) is 11.3 Å². The van der Waals surface area contributed by atoms with Crippen LogP contribution in [-0.2, 0) is 11.3 Å². The van der Waals surface area contributed by atoms with Crippen molar-refractivity contribution >= 4 is 11.5 Å². The van der Waals surface area contributed by atoms with Gasteiger partial charge in [-0.2, -0.15) is 0 Å². The van der Waals surface area contributed by atoms with E-state index < -0.39 is 0 Å². The molecule has 2 saturated heterocycles. The molecule has 0 aliphatic carbocycles. The van der Waals surface area contributed by atoms with Crippen LogP contribution in [-0.4, -0.2) is 39.2 Å². The van der Waals surface area contributed by atoms with Crippen molar-refractivity contribution in [1.82, 2.24) is 14.0 Å². The summed E-state index contributed by atoms with van der Waals surface area (Å²) in [5, 5.41) is 0. The summed E-state index contributed by atoms with van der Waals surface area (Å²) < 4.78 is 22.8. The van der Waals surface area contributed by atoms with E-state index in [0.717, 1.165) is 43.2 Å². The summed E-state index contributed by atoms with van der Waals surface area (Å²) in [5.41, 5.74) is 2.00. The fraction of sp³-hybridized carbons (Fsp3) is 0.400. The summed E-state index contributed by atoms with van der Waals surface area (Å²) in [7, 11) is 0. The lowest BCUT2D eigenvalue weighted by Gasteiger charge is -2.23. The molecule has 2 aliphatic rings. The van der Waals surface area contributed by atoms with Crippen molar-refractivity contribution in [3.63, 3.8) is 0 Å². The first-order chi connectivity index (χ1) is 13.1. The third kappa shape index (κ3) is 2.65. The molecule has 0 radical (unpaired) electrons. The highest BCUT2D eigenvalue weighted by Crippen LogP contribution is 2.32. The van der Waals surface area contributed by atoms with E-state index >= 15 is 0 Å². The smallest absolute Gasteiger partial charge is 0.277 e. The normalized spacial score (nSPS) is 21.9. The van der Waals surface area contributed by atoms with Gasteiger partial charge in [0.2, 0.25) is 5.95 Å². The number of aryl methyl sites for hydroxylation is 1. The zero-order valence-corrected chi connectivity index (χ0v) is 15.1. The molecule has 4 heterocycles. The molecule has 6 nitrogen and oxygen atoms in total. The highest BCUT2D eigenvalue weighted by Gasteiger charge is 2.40. The second kappa shape index (κ2) is 6.20. The Hall–Kier alpha value is -2.67. The minimum absolute atomic E-state index is 0.114. The monoisotopic (exact) mass is 368 g/mol. The first-order valence-corrected chi connectivity index (χ1v) is 9.32. The van der Waals surface area contributed by atoms with Crippen molar-refractivity contribution in [1.29, 1.82) is 0 Å². The van der Waals surface area contributed by atoms with Crippen LogP contribution in [0.25, 0.3) is 5.52 Å². The number of rotatable bonds is 3. The highest BCUT2D eigenvalue weighted by molar-refractivity contribution is 5.53. The molecule has 0 amide bonds. The number of ether oxygens (including phenoxy) is 1. The van der Waals surface area contributed by atoms with E-state index in [9.17, 15) is 9.18 Å². The second-order valence-electron chi connectivity index (χ2n) is 7.35. The molecule has 3 aromatic rings. The van der Waals surface area contributed by atoms with Gasteiger partial charge in [-0.15, -0.1) is 0 Å². The van der Waals surface area contributed by atoms with Crippen LogP contribution in [0, 0.1) is 12.7 Å². The maximum Gasteiger partial charge on any atom is 0.277 e. The van der Waals surface area contributed by atoms with E-state index in [0.29, 0.717) is 18.1 Å². The van der Waals surface area contributed by atoms with Gasteiger partial charge in [0.15, 0.2) is 0 Å². The molecule has 2 atom stereocenters. The van der Waals surface area contributed by atoms with Gasteiger partial charge in [0.05, 0.1) is 24.9 Å². The van der Waals surface area contributed by atoms with E-state index in [-0.39, 0.29) is 17.5 Å². The molecule has 0 bridgehead atoms. The summed E-state index contributed by atoms with van der Waals surface area (Å²) in [4.78, 5) is 19.9. The van der Waals surface area contributed by atoms with Crippen molar-refractivity contribution in [3.05, 3.63) is 64.1 Å². The summed E-state index contributed by atoms with van der Waals surface area (Å²) >= 11 is 0. The van der Waals surface area contributed by atoms with Gasteiger partial charge >= 0.3 is 0 Å². The van der Waals surface area contributed by atoms with Gasteiger partial charge in [-0.25, -0.2) is 9.37 Å². The first-order valence-electron chi connectivity index (χ1n) is 9.32. The molecule has 0 N–H and O–H groups in total. The van der Waals surface area contributed by atoms with Crippen LogP contribution in [0.15, 0.2) is 41.5 Å². The lowest BCUT2D eigenvalue weighted by Crippen LogP contribution is -2.34. The minimum Gasteiger partial charge on any atom is -0.376 e. The second-order valence-corrected chi connectivity index (χ2v) is 7.35. The Kier molecular flexibility index (Phi) is 3.79. The molecule has 0 unspecified atom stereocenters. The molecule has 2 fully saturated rings. The Morgan fingerprint density at radius 2 is 2.22 bits per heavy atom. The number of benzene rings is 1. The molecule has 0 spiro atoms. The predicted octanol–water partition coefficient (Wildman–Crippen LogP) is 2.36. The molecule has 140 valence electrons. The number of hydrogen-bond donors (Lipinski definition) is 0. The number of imidazole rings is 1. The Balaban J connectivity index is 1.56. The molecule has 2 aromatic heterocycles. The summed E-state index contributed by atoms with van der Waals surface area (Å²) in [6.07, 6.45) is 5.85. The van der Waals surface area contributed by atoms with Crippen LogP contribution in [0.5, 0.6) is 0 Å². The summed E-state index contributed by atoms with van der Waals surface area (Å²) in [6, 6.07) is 6.69. The number of halogens is 1. The SMILES string of the molecule is Cc1cn2c(N3CC[C@@H]4OCC[C@@H]43)ncc2c(=O)n1Cc1cccc(F)c1. The first kappa shape index (κ1) is 16.5. The lowest BCUT2D eigenvalue weighted by molar-refractivity contribution is 0.113. The molecule has 27 heavy (non-hydrogen) atoms. The zero-order valence-electron chi connectivity index (χ0n) is 15.1. The van der Waals surface area contributed by atoms with Gasteiger partial charge in [-0.05, 0) is 37.5 Å². The lowest BCUT2D eigenvalue weighted by atomic mass is 10.1. The number of hydrogen-bond acceptors (Lipinski definition) is 4. The standard InChI is InChI=1S/C20H21FN4O2/c1-13-11-25-17(19(26)24(13)12-14-3-2-4-15(21)9-14)10-22-20(25)23-7-5-18-16(23)6-8-27-18/h2-4,9-11,16,18H,5-8,12H2,1H3/t16-,18-/m0/s1. The Labute approximate surface area is 155 Å². The molecule has 1 aromatic carbocycles. The molecule has 0 saturated carbocycles. The summed E-state index contributed by atoms with van der Waals surface area (Å²) in [5.74, 6) is 0.509. The Bertz CT molecular complexity index is 1070. The maximum atomic E-state index is 13.5. The number of nitrogens with zero attached hydrogens (tertiary/aromatic N) is 4. The van der Waals surface area contributed by atoms with Gasteiger partial charge in [-0.3, -0.25) is 9.20 Å². The minimum atomic E-state index is -0.298. The van der Waals surface area contributed by atoms with Gasteiger partial charge in [0.25, 0.3) is 5.56 Å². The van der Waals surface area contributed by atoms with E-state index in [1.807, 2.05) is 23.6 Å². The number of anilines is 1. The van der Waals surface area contributed by atoms with Crippen LogP contribution in [0.2, 0.25) is 0 Å². The topological polar surface area (TPSA) is 51.8 Å². The molecule has 2 aliphatic heterocycles. The third-order valence-electron chi connectivity index (χ3n) is 5.70. The number of fused-ring (bicyclic) bond motifs is 2. The maximum absolute atomic E-state index is 13.5. The summed E-state index contributed by atoms with van der Waals surface area (Å²) in [6.45, 7) is 3.91. The predicted molar refractivity (Wildman–Crippen MR) is 99.8 cm³/mol. The van der Waals surface area contributed by atoms with Gasteiger partial charge in [0, 0.05) is 25.0 Å². The van der Waals surface area contributed by atoms with Gasteiger partial charge in [-0.1, -0.05) is 12.1 Å². The molecule has 7 heteroatoms. The van der Waals surface area contributed by atoms with Crippen LogP contribution >= 0.6 is 0 Å². The zero-order chi connectivity index (χ0) is 18.5. The highest BCUT2D eigenvalue weighted by atomic mass is 19.1. The fourth-order valence-corrected chi connectivity index (χ4v) is 4.37. The van der Waals surface area contributed by atoms with E-state index in [4.69, 9.17) is 4.74 Å². The fourth-order valence-electron chi connectivity index (χ4n) is 4.37. The average Bonchev–Trinajstić information content (AvgIpc) is 3.34. The van der Waals surface area contributed by atoms with Crippen LogP contribution in [0.1, 0.15) is 24.1 Å². The van der Waals surface area contributed by atoms with Crippen molar-refractivity contribution in [2.45, 2.75) is 38.5 Å². The van der Waals surface area contributed by atoms with Crippen molar-refractivity contribution in [3.8, 4) is 0 Å². The third-order valence-corrected chi connectivity index (χ3v) is 5.70. The molecular weight excluding hydrogens is 347 g/mol. The van der Waals surface area contributed by atoms with E-state index in [2.05, 4.69) is 9.88 Å². The van der Waals surface area contributed by atoms with Crippen LogP contribution in [0.4, 0.5) is 10.3 Å². The van der Waals surface area contributed by atoms with Crippen LogP contribution < -0.4 is 10.5 Å².